The lowest BCUT2D eigenvalue weighted by Crippen LogP contribution is -1.78. The summed E-state index contributed by atoms with van der Waals surface area (Å²) in [5, 5.41) is 2.08. The van der Waals surface area contributed by atoms with Crippen molar-refractivity contribution in [1.82, 2.24) is 0 Å². The van der Waals surface area contributed by atoms with Crippen molar-refractivity contribution in [2.24, 2.45) is 0 Å². The van der Waals surface area contributed by atoms with E-state index in [0.717, 1.165) is 11.4 Å². The first kappa shape index (κ1) is 10.3. The van der Waals surface area contributed by atoms with Crippen LogP contribution in [0.2, 0.25) is 5.02 Å². The zero-order valence-corrected chi connectivity index (χ0v) is 10.5. The number of halogens is 1. The molecule has 14 heavy (non-hydrogen) atoms. The Labute approximate surface area is 97.3 Å². The molecular formula is C11H11ClS2. The Balaban J connectivity index is 2.67. The second kappa shape index (κ2) is 4.13. The number of thiophene rings is 1. The van der Waals surface area contributed by atoms with E-state index < -0.39 is 0 Å². The molecule has 1 aromatic carbocycles. The lowest BCUT2D eigenvalue weighted by molar-refractivity contribution is 1.15. The van der Waals surface area contributed by atoms with Gasteiger partial charge >= 0.3 is 0 Å². The Kier molecular flexibility index (Phi) is 3.05. The van der Waals surface area contributed by atoms with Crippen LogP contribution in [0, 0.1) is 0 Å². The van der Waals surface area contributed by atoms with Gasteiger partial charge in [0.1, 0.15) is 0 Å². The first-order valence-electron chi connectivity index (χ1n) is 4.50. The van der Waals surface area contributed by atoms with Crippen molar-refractivity contribution in [2.75, 3.05) is 6.26 Å². The van der Waals surface area contributed by atoms with Gasteiger partial charge in [-0.2, -0.15) is 0 Å². The van der Waals surface area contributed by atoms with E-state index in [0.29, 0.717) is 0 Å². The lowest BCUT2D eigenvalue weighted by atomic mass is 10.1. The fourth-order valence-corrected chi connectivity index (χ4v) is 3.50. The molecule has 0 amide bonds. The van der Waals surface area contributed by atoms with Gasteiger partial charge < -0.3 is 0 Å². The van der Waals surface area contributed by atoms with Gasteiger partial charge in [-0.3, -0.25) is 0 Å². The van der Waals surface area contributed by atoms with Crippen LogP contribution < -0.4 is 0 Å². The van der Waals surface area contributed by atoms with Crippen LogP contribution in [0.5, 0.6) is 0 Å². The van der Waals surface area contributed by atoms with Crippen LogP contribution in [-0.2, 0) is 6.42 Å². The van der Waals surface area contributed by atoms with Gasteiger partial charge in [-0.05, 0) is 36.4 Å². The van der Waals surface area contributed by atoms with Gasteiger partial charge in [0, 0.05) is 15.1 Å². The third kappa shape index (κ3) is 1.79. The highest BCUT2D eigenvalue weighted by Crippen LogP contribution is 2.36. The zero-order valence-electron chi connectivity index (χ0n) is 8.13. The van der Waals surface area contributed by atoms with Crippen molar-refractivity contribution in [1.29, 1.82) is 0 Å². The molecule has 0 aliphatic heterocycles. The van der Waals surface area contributed by atoms with E-state index in [1.165, 1.54) is 19.9 Å². The minimum absolute atomic E-state index is 0.885. The Morgan fingerprint density at radius 2 is 2.14 bits per heavy atom. The van der Waals surface area contributed by atoms with Gasteiger partial charge in [-0.15, -0.1) is 23.1 Å². The second-order valence-electron chi connectivity index (χ2n) is 3.11. The van der Waals surface area contributed by atoms with Gasteiger partial charge in [-0.1, -0.05) is 18.5 Å². The molecule has 0 saturated heterocycles. The molecule has 2 aromatic rings. The predicted molar refractivity (Wildman–Crippen MR) is 68.0 cm³/mol. The Bertz CT molecular complexity index is 460. The predicted octanol–water partition coefficient (Wildman–Crippen LogP) is 4.84. The van der Waals surface area contributed by atoms with Crippen molar-refractivity contribution >= 4 is 44.8 Å². The largest absolute Gasteiger partial charge is 0.129 e. The van der Waals surface area contributed by atoms with E-state index >= 15 is 0 Å². The average molecular weight is 243 g/mol. The van der Waals surface area contributed by atoms with Crippen LogP contribution in [0.4, 0.5) is 0 Å². The van der Waals surface area contributed by atoms with E-state index in [2.05, 4.69) is 31.4 Å². The van der Waals surface area contributed by atoms with E-state index in [4.69, 9.17) is 11.6 Å². The molecule has 0 N–H and O–H groups in total. The van der Waals surface area contributed by atoms with Crippen LogP contribution >= 0.6 is 34.7 Å². The first-order chi connectivity index (χ1) is 6.74. The van der Waals surface area contributed by atoms with Crippen LogP contribution in [-0.4, -0.2) is 6.26 Å². The average Bonchev–Trinajstić information content (AvgIpc) is 2.61. The smallest absolute Gasteiger partial charge is 0.0609 e. The van der Waals surface area contributed by atoms with Crippen molar-refractivity contribution in [2.45, 2.75) is 17.6 Å². The molecule has 0 bridgehead atoms. The fraction of sp³-hybridized carbons (Fsp3) is 0.273. The van der Waals surface area contributed by atoms with Gasteiger partial charge in [0.2, 0.25) is 0 Å². The summed E-state index contributed by atoms with van der Waals surface area (Å²) in [7, 11) is 0. The summed E-state index contributed by atoms with van der Waals surface area (Å²) in [6.45, 7) is 2.15. The molecule has 0 nitrogen and oxygen atoms in total. The quantitative estimate of drug-likeness (QED) is 0.679. The molecule has 1 aromatic heterocycles. The summed E-state index contributed by atoms with van der Waals surface area (Å²) in [6.07, 6.45) is 3.14. The minimum atomic E-state index is 0.885. The Hall–Kier alpha value is -0.180. The molecule has 3 heteroatoms. The van der Waals surface area contributed by atoms with Gasteiger partial charge in [-0.25, -0.2) is 0 Å². The Morgan fingerprint density at radius 3 is 2.79 bits per heavy atom. The maximum Gasteiger partial charge on any atom is 0.0609 e. The zero-order chi connectivity index (χ0) is 10.1. The van der Waals surface area contributed by atoms with Crippen LogP contribution in [0.3, 0.4) is 0 Å². The van der Waals surface area contributed by atoms with E-state index in [1.54, 1.807) is 11.8 Å². The van der Waals surface area contributed by atoms with Crippen molar-refractivity contribution in [3.05, 3.63) is 28.8 Å². The summed E-state index contributed by atoms with van der Waals surface area (Å²) in [6, 6.07) is 6.48. The highest BCUT2D eigenvalue weighted by atomic mass is 35.5. The molecule has 0 fully saturated rings. The summed E-state index contributed by atoms with van der Waals surface area (Å²) in [5.74, 6) is 0. The van der Waals surface area contributed by atoms with E-state index in [-0.39, 0.29) is 0 Å². The topological polar surface area (TPSA) is 0 Å². The van der Waals surface area contributed by atoms with Crippen molar-refractivity contribution in [3.63, 3.8) is 0 Å². The van der Waals surface area contributed by atoms with Crippen LogP contribution in [0.25, 0.3) is 10.1 Å². The van der Waals surface area contributed by atoms with Gasteiger partial charge in [0.25, 0.3) is 0 Å². The normalized spacial score (nSPS) is 11.1. The van der Waals surface area contributed by atoms with Gasteiger partial charge in [0.05, 0.1) is 4.21 Å². The number of hydrogen-bond donors (Lipinski definition) is 0. The second-order valence-corrected chi connectivity index (χ2v) is 5.71. The standard InChI is InChI=1S/C11H11ClS2/c1-3-7-4-9(12)8-6-11(13-2)14-10(8)5-7/h4-6H,3H2,1-2H3. The molecule has 0 aliphatic carbocycles. The summed E-state index contributed by atoms with van der Waals surface area (Å²) >= 11 is 9.80. The molecule has 0 aliphatic rings. The lowest BCUT2D eigenvalue weighted by Gasteiger charge is -1.98. The van der Waals surface area contributed by atoms with Crippen molar-refractivity contribution < 1.29 is 0 Å². The van der Waals surface area contributed by atoms with E-state index in [9.17, 15) is 0 Å². The maximum atomic E-state index is 6.21. The highest BCUT2D eigenvalue weighted by Gasteiger charge is 2.05. The molecular weight excluding hydrogens is 232 g/mol. The molecule has 0 radical (unpaired) electrons. The van der Waals surface area contributed by atoms with Crippen LogP contribution in [0.1, 0.15) is 12.5 Å². The third-order valence-corrected chi connectivity index (χ3v) is 4.69. The number of thioether (sulfide) groups is 1. The molecule has 2 rings (SSSR count). The van der Waals surface area contributed by atoms with Crippen LogP contribution in [0.15, 0.2) is 22.4 Å². The third-order valence-electron chi connectivity index (χ3n) is 2.23. The molecule has 0 unspecified atom stereocenters. The molecule has 1 heterocycles. The number of hydrogen-bond acceptors (Lipinski definition) is 2. The minimum Gasteiger partial charge on any atom is -0.129 e. The first-order valence-corrected chi connectivity index (χ1v) is 6.92. The Morgan fingerprint density at radius 1 is 1.36 bits per heavy atom. The molecule has 74 valence electrons. The number of benzene rings is 1. The highest BCUT2D eigenvalue weighted by molar-refractivity contribution is 8.00. The number of aryl methyl sites for hydroxylation is 1. The SMILES string of the molecule is CCc1cc(Cl)c2cc(SC)sc2c1. The molecule has 0 spiro atoms. The number of fused-ring (bicyclic) bond motifs is 1. The maximum absolute atomic E-state index is 6.21. The molecule has 0 saturated carbocycles. The summed E-state index contributed by atoms with van der Waals surface area (Å²) < 4.78 is 2.63. The van der Waals surface area contributed by atoms with Crippen molar-refractivity contribution in [3.8, 4) is 0 Å². The molecule has 0 atom stereocenters. The monoisotopic (exact) mass is 242 g/mol. The van der Waals surface area contributed by atoms with E-state index in [1.807, 2.05) is 11.3 Å². The summed E-state index contributed by atoms with van der Waals surface area (Å²) in [4.78, 5) is 0. The number of rotatable bonds is 2. The fourth-order valence-electron chi connectivity index (χ4n) is 1.43. The van der Waals surface area contributed by atoms with Gasteiger partial charge in [0.15, 0.2) is 0 Å². The summed E-state index contributed by atoms with van der Waals surface area (Å²) in [5.41, 5.74) is 1.32.